The van der Waals surface area contributed by atoms with Crippen LogP contribution in [0.3, 0.4) is 0 Å². The first-order chi connectivity index (χ1) is 28.9. The lowest BCUT2D eigenvalue weighted by atomic mass is 10.0. The van der Waals surface area contributed by atoms with Crippen LogP contribution in [0.2, 0.25) is 0 Å². The Morgan fingerprint density at radius 2 is 0.915 bits per heavy atom. The van der Waals surface area contributed by atoms with Crippen LogP contribution in [0.5, 0.6) is 0 Å². The van der Waals surface area contributed by atoms with Crippen molar-refractivity contribution in [3.8, 4) is 0 Å². The Hall–Kier alpha value is -7.12. The third-order valence-electron chi connectivity index (χ3n) is 10.8. The predicted octanol–water partition coefficient (Wildman–Crippen LogP) is 6.56. The van der Waals surface area contributed by atoms with E-state index < -0.39 is 54.9 Å². The second-order valence-corrected chi connectivity index (χ2v) is 14.6. The van der Waals surface area contributed by atoms with Gasteiger partial charge in [0.05, 0.1) is 32.3 Å². The number of ether oxygens (including phenoxy) is 5. The Bertz CT molecular complexity index is 2810. The number of aromatic nitrogens is 4. The molecule has 0 bridgehead atoms. The van der Waals surface area contributed by atoms with Crippen LogP contribution in [-0.4, -0.2) is 81.4 Å². The lowest BCUT2D eigenvalue weighted by Crippen LogP contribution is -2.47. The molecule has 8 aromatic rings. The number of H-pyrrole nitrogens is 4. The van der Waals surface area contributed by atoms with Crippen LogP contribution in [0.4, 0.5) is 0 Å². The molecule has 1 aliphatic heterocycles. The number of esters is 4. The standard InChI is InChI=1S/C46H40N4O9/c51-41(17-27-21-47-35-13-5-1-9-31(27)35)55-25-39(57-42(52)18-28-22-48-36-14-6-2-10-32(28)36)45-46(59-44(54)20-30-24-50-38-16-8-4-12-34(30)38)40(26-56-45)58-43(53)19-29-23-49-37-15-7-3-11-33(29)37/h1-16,21-24,39-40,45-50H,17-20,25-26H2/t39-,40+,45-,46-/m1/s1. The van der Waals surface area contributed by atoms with Gasteiger partial charge in [-0.25, -0.2) is 0 Å². The summed E-state index contributed by atoms with van der Waals surface area (Å²) in [5.41, 5.74) is 6.36. The SMILES string of the molecule is O=C(Cc1c[nH]c2ccccc12)OC[C@@H](OC(=O)Cc1c[nH]c2ccccc12)[C@H]1OC[C@H](OC(=O)Cc2c[nH]c3ccccc23)[C@H]1OC(=O)Cc1c[nH]c2ccccc12. The summed E-state index contributed by atoms with van der Waals surface area (Å²) in [6, 6.07) is 30.4. The van der Waals surface area contributed by atoms with E-state index in [4.69, 9.17) is 23.7 Å². The van der Waals surface area contributed by atoms with Gasteiger partial charge in [0.25, 0.3) is 0 Å². The van der Waals surface area contributed by atoms with Crippen LogP contribution < -0.4 is 0 Å². The van der Waals surface area contributed by atoms with Crippen molar-refractivity contribution < 1.29 is 42.9 Å². The van der Waals surface area contributed by atoms with Crippen LogP contribution in [-0.2, 0) is 68.5 Å². The highest BCUT2D eigenvalue weighted by Crippen LogP contribution is 2.29. The van der Waals surface area contributed by atoms with Crippen molar-refractivity contribution in [1.29, 1.82) is 0 Å². The largest absolute Gasteiger partial charge is 0.461 e. The lowest BCUT2D eigenvalue weighted by Gasteiger charge is -2.28. The minimum atomic E-state index is -1.25. The minimum Gasteiger partial charge on any atom is -0.461 e. The van der Waals surface area contributed by atoms with Crippen molar-refractivity contribution in [2.75, 3.05) is 13.2 Å². The maximum atomic E-state index is 13.8. The van der Waals surface area contributed by atoms with Crippen LogP contribution in [0.1, 0.15) is 22.3 Å². The zero-order valence-corrected chi connectivity index (χ0v) is 31.8. The van der Waals surface area contributed by atoms with Gasteiger partial charge in [-0.1, -0.05) is 72.8 Å². The maximum absolute atomic E-state index is 13.8. The van der Waals surface area contributed by atoms with Crippen molar-refractivity contribution in [3.05, 3.63) is 144 Å². The number of para-hydroxylation sites is 4. The number of hydrogen-bond donors (Lipinski definition) is 4. The van der Waals surface area contributed by atoms with Gasteiger partial charge in [-0.2, -0.15) is 0 Å². The van der Waals surface area contributed by atoms with E-state index in [1.165, 1.54) is 0 Å². The Balaban J connectivity index is 0.973. The van der Waals surface area contributed by atoms with E-state index >= 15 is 0 Å². The van der Waals surface area contributed by atoms with Crippen molar-refractivity contribution in [2.45, 2.75) is 50.1 Å². The molecule has 1 aliphatic rings. The number of rotatable bonds is 14. The summed E-state index contributed by atoms with van der Waals surface area (Å²) in [6.45, 7) is -0.590. The third kappa shape index (κ3) is 8.05. The molecule has 1 saturated heterocycles. The molecule has 4 aromatic carbocycles. The van der Waals surface area contributed by atoms with Gasteiger partial charge >= 0.3 is 23.9 Å². The van der Waals surface area contributed by atoms with E-state index in [0.717, 1.165) is 54.7 Å². The zero-order chi connectivity index (χ0) is 40.3. The number of benzene rings is 4. The highest BCUT2D eigenvalue weighted by Gasteiger charge is 2.48. The van der Waals surface area contributed by atoms with E-state index in [1.807, 2.05) is 97.1 Å². The van der Waals surface area contributed by atoms with Gasteiger partial charge in [0, 0.05) is 68.4 Å². The smallest absolute Gasteiger partial charge is 0.310 e. The Labute approximate surface area is 336 Å². The monoisotopic (exact) mass is 792 g/mol. The summed E-state index contributed by atoms with van der Waals surface area (Å²) in [6.07, 6.45) is 1.97. The van der Waals surface area contributed by atoms with Gasteiger partial charge in [-0.3, -0.25) is 19.2 Å². The highest BCUT2D eigenvalue weighted by atomic mass is 16.7. The third-order valence-corrected chi connectivity index (χ3v) is 10.8. The Kier molecular flexibility index (Phi) is 10.4. The molecule has 298 valence electrons. The summed E-state index contributed by atoms with van der Waals surface area (Å²) in [5, 5.41) is 3.47. The van der Waals surface area contributed by atoms with Crippen LogP contribution in [0.15, 0.2) is 122 Å². The van der Waals surface area contributed by atoms with E-state index in [0.29, 0.717) is 11.1 Å². The molecule has 13 heteroatoms. The second kappa shape index (κ2) is 16.4. The van der Waals surface area contributed by atoms with Crippen molar-refractivity contribution in [2.24, 2.45) is 0 Å². The van der Waals surface area contributed by atoms with Crippen molar-refractivity contribution in [3.63, 3.8) is 0 Å². The predicted molar refractivity (Wildman–Crippen MR) is 218 cm³/mol. The number of hydrogen-bond acceptors (Lipinski definition) is 9. The zero-order valence-electron chi connectivity index (χ0n) is 31.8. The molecule has 0 spiro atoms. The number of carbonyl (C=O) groups excluding carboxylic acids is 4. The van der Waals surface area contributed by atoms with Crippen LogP contribution >= 0.6 is 0 Å². The second-order valence-electron chi connectivity index (χ2n) is 14.6. The lowest BCUT2D eigenvalue weighted by molar-refractivity contribution is -0.178. The topological polar surface area (TPSA) is 178 Å². The first-order valence-corrected chi connectivity index (χ1v) is 19.4. The summed E-state index contributed by atoms with van der Waals surface area (Å²) in [4.78, 5) is 67.1. The Morgan fingerprint density at radius 3 is 1.37 bits per heavy atom. The van der Waals surface area contributed by atoms with Crippen molar-refractivity contribution >= 4 is 67.5 Å². The van der Waals surface area contributed by atoms with Gasteiger partial charge in [0.2, 0.25) is 0 Å². The van der Waals surface area contributed by atoms with Gasteiger partial charge in [-0.15, -0.1) is 0 Å². The van der Waals surface area contributed by atoms with E-state index in [2.05, 4.69) is 19.9 Å². The number of carbonyl (C=O) groups is 4. The van der Waals surface area contributed by atoms with Crippen LogP contribution in [0, 0.1) is 0 Å². The molecule has 0 radical (unpaired) electrons. The molecule has 0 aliphatic carbocycles. The average Bonchev–Trinajstić information content (AvgIpc) is 4.10. The summed E-state index contributed by atoms with van der Waals surface area (Å²) in [5.74, 6) is -2.38. The van der Waals surface area contributed by atoms with Crippen LogP contribution in [0.25, 0.3) is 43.6 Å². The summed E-state index contributed by atoms with van der Waals surface area (Å²) >= 11 is 0. The molecule has 0 amide bonds. The molecule has 4 N–H and O–H groups in total. The van der Waals surface area contributed by atoms with E-state index in [-0.39, 0.29) is 32.3 Å². The summed E-state index contributed by atoms with van der Waals surface area (Å²) in [7, 11) is 0. The normalized spacial score (nSPS) is 17.1. The van der Waals surface area contributed by atoms with Gasteiger partial charge in [0.1, 0.15) is 12.7 Å². The molecule has 59 heavy (non-hydrogen) atoms. The molecule has 4 aromatic heterocycles. The molecule has 4 atom stereocenters. The van der Waals surface area contributed by atoms with Crippen molar-refractivity contribution in [1.82, 2.24) is 19.9 Å². The highest BCUT2D eigenvalue weighted by molar-refractivity contribution is 5.90. The minimum absolute atomic E-state index is 0.0529. The fraction of sp³-hybridized carbons (Fsp3) is 0.217. The molecular weight excluding hydrogens is 753 g/mol. The maximum Gasteiger partial charge on any atom is 0.310 e. The molecule has 1 fully saturated rings. The molecule has 0 unspecified atom stereocenters. The first kappa shape index (κ1) is 37.5. The number of aromatic amines is 4. The van der Waals surface area contributed by atoms with E-state index in [1.54, 1.807) is 24.8 Å². The molecule has 9 rings (SSSR count). The number of fused-ring (bicyclic) bond motifs is 4. The average molecular weight is 793 g/mol. The van der Waals surface area contributed by atoms with Gasteiger partial charge in [0.15, 0.2) is 18.3 Å². The molecule has 13 nitrogen and oxygen atoms in total. The Morgan fingerprint density at radius 1 is 0.525 bits per heavy atom. The van der Waals surface area contributed by atoms with Gasteiger partial charge < -0.3 is 43.6 Å². The quantitative estimate of drug-likeness (QED) is 0.0702. The van der Waals surface area contributed by atoms with E-state index in [9.17, 15) is 19.2 Å². The van der Waals surface area contributed by atoms with Gasteiger partial charge in [-0.05, 0) is 46.5 Å². The fourth-order valence-corrected chi connectivity index (χ4v) is 7.94. The summed E-state index contributed by atoms with van der Waals surface area (Å²) < 4.78 is 30.2. The fourth-order valence-electron chi connectivity index (χ4n) is 7.94. The number of nitrogens with one attached hydrogen (secondary N) is 4. The molecule has 0 saturated carbocycles. The first-order valence-electron chi connectivity index (χ1n) is 19.4. The molecule has 5 heterocycles. The molecular formula is C46H40N4O9.